The van der Waals surface area contributed by atoms with E-state index in [4.69, 9.17) is 5.11 Å². The number of aliphatic hydroxyl groups excluding tert-OH is 1. The summed E-state index contributed by atoms with van der Waals surface area (Å²) < 4.78 is 1.79. The Labute approximate surface area is 107 Å². The molecule has 1 aromatic heterocycles. The maximum atomic E-state index is 11.7. The van der Waals surface area contributed by atoms with Gasteiger partial charge in [0.2, 0.25) is 0 Å². The van der Waals surface area contributed by atoms with E-state index in [1.54, 1.807) is 17.1 Å². The molecule has 0 radical (unpaired) electrons. The summed E-state index contributed by atoms with van der Waals surface area (Å²) in [5, 5.41) is 18.6. The van der Waals surface area contributed by atoms with Crippen LogP contribution in [0.3, 0.4) is 0 Å². The van der Waals surface area contributed by atoms with Gasteiger partial charge in [0, 0.05) is 25.4 Å². The Balaban J connectivity index is 2.43. The minimum Gasteiger partial charge on any atom is -0.396 e. The number of aromatic nitrogens is 2. The van der Waals surface area contributed by atoms with Crippen molar-refractivity contribution < 1.29 is 9.90 Å². The molecule has 3 N–H and O–H groups in total. The molecule has 0 bridgehead atoms. The van der Waals surface area contributed by atoms with Crippen LogP contribution < -0.4 is 10.6 Å². The SMILES string of the molecule is CCCn1cc(NC(=O)NC(C)C(C)CO)cn1. The van der Waals surface area contributed by atoms with Crippen LogP contribution in [0.1, 0.15) is 27.2 Å². The third-order valence-electron chi connectivity index (χ3n) is 2.84. The van der Waals surface area contributed by atoms with Gasteiger partial charge in [-0.3, -0.25) is 4.68 Å². The Hall–Kier alpha value is -1.56. The number of nitrogens with zero attached hydrogens (tertiary/aromatic N) is 2. The van der Waals surface area contributed by atoms with Crippen molar-refractivity contribution >= 4 is 11.7 Å². The van der Waals surface area contributed by atoms with Crippen LogP contribution in [0.5, 0.6) is 0 Å². The second-order valence-electron chi connectivity index (χ2n) is 4.54. The maximum Gasteiger partial charge on any atom is 0.319 e. The molecule has 6 nitrogen and oxygen atoms in total. The Morgan fingerprint density at radius 3 is 2.89 bits per heavy atom. The average molecular weight is 254 g/mol. The van der Waals surface area contributed by atoms with Crippen LogP contribution in [-0.2, 0) is 6.54 Å². The van der Waals surface area contributed by atoms with Gasteiger partial charge in [0.25, 0.3) is 0 Å². The number of carbonyl (C=O) groups excluding carboxylic acids is 1. The van der Waals surface area contributed by atoms with Crippen molar-refractivity contribution in [2.45, 2.75) is 39.8 Å². The summed E-state index contributed by atoms with van der Waals surface area (Å²) in [4.78, 5) is 11.7. The van der Waals surface area contributed by atoms with Crippen molar-refractivity contribution in [2.75, 3.05) is 11.9 Å². The molecule has 0 aliphatic heterocycles. The van der Waals surface area contributed by atoms with Crippen molar-refractivity contribution in [1.82, 2.24) is 15.1 Å². The molecule has 0 fully saturated rings. The van der Waals surface area contributed by atoms with Crippen molar-refractivity contribution in [1.29, 1.82) is 0 Å². The van der Waals surface area contributed by atoms with E-state index in [9.17, 15) is 4.79 Å². The van der Waals surface area contributed by atoms with Crippen LogP contribution >= 0.6 is 0 Å². The molecule has 1 rings (SSSR count). The lowest BCUT2D eigenvalue weighted by Crippen LogP contribution is -2.40. The van der Waals surface area contributed by atoms with Gasteiger partial charge in [-0.05, 0) is 19.3 Å². The normalized spacial score (nSPS) is 14.0. The fourth-order valence-corrected chi connectivity index (χ4v) is 1.45. The van der Waals surface area contributed by atoms with Gasteiger partial charge in [-0.2, -0.15) is 5.10 Å². The Morgan fingerprint density at radius 1 is 1.56 bits per heavy atom. The number of amides is 2. The third kappa shape index (κ3) is 4.37. The first-order chi connectivity index (χ1) is 8.56. The molecule has 0 saturated carbocycles. The zero-order chi connectivity index (χ0) is 13.5. The Bertz CT molecular complexity index is 378. The summed E-state index contributed by atoms with van der Waals surface area (Å²) in [6.45, 7) is 6.70. The summed E-state index contributed by atoms with van der Waals surface area (Å²) in [7, 11) is 0. The van der Waals surface area contributed by atoms with E-state index in [1.165, 1.54) is 0 Å². The van der Waals surface area contributed by atoms with Gasteiger partial charge in [-0.15, -0.1) is 0 Å². The first-order valence-electron chi connectivity index (χ1n) is 6.27. The van der Waals surface area contributed by atoms with Gasteiger partial charge >= 0.3 is 6.03 Å². The lowest BCUT2D eigenvalue weighted by molar-refractivity contribution is 0.204. The number of hydrogen-bond acceptors (Lipinski definition) is 3. The first-order valence-corrected chi connectivity index (χ1v) is 6.27. The molecule has 6 heteroatoms. The van der Waals surface area contributed by atoms with Crippen LogP contribution in [0.15, 0.2) is 12.4 Å². The second kappa shape index (κ2) is 7.00. The van der Waals surface area contributed by atoms with Gasteiger partial charge in [0.05, 0.1) is 11.9 Å². The van der Waals surface area contributed by atoms with Crippen molar-refractivity contribution in [2.24, 2.45) is 5.92 Å². The molecular formula is C12H22N4O2. The average Bonchev–Trinajstić information content (AvgIpc) is 2.75. The molecule has 0 aliphatic carbocycles. The molecule has 0 saturated heterocycles. The smallest absolute Gasteiger partial charge is 0.319 e. The summed E-state index contributed by atoms with van der Waals surface area (Å²) in [6, 6.07) is -0.362. The van der Waals surface area contributed by atoms with E-state index in [-0.39, 0.29) is 24.6 Å². The number of anilines is 1. The number of rotatable bonds is 6. The summed E-state index contributed by atoms with van der Waals surface area (Å²) >= 11 is 0. The number of nitrogens with one attached hydrogen (secondary N) is 2. The Kier molecular flexibility index (Phi) is 5.64. The zero-order valence-electron chi connectivity index (χ0n) is 11.2. The lowest BCUT2D eigenvalue weighted by atomic mass is 10.1. The van der Waals surface area contributed by atoms with E-state index in [0.717, 1.165) is 13.0 Å². The van der Waals surface area contributed by atoms with Crippen molar-refractivity contribution in [3.63, 3.8) is 0 Å². The van der Waals surface area contributed by atoms with Gasteiger partial charge in [0.15, 0.2) is 0 Å². The molecule has 18 heavy (non-hydrogen) atoms. The number of carbonyl (C=O) groups is 1. The molecule has 0 aromatic carbocycles. The van der Waals surface area contributed by atoms with Crippen LogP contribution in [-0.4, -0.2) is 33.6 Å². The highest BCUT2D eigenvalue weighted by atomic mass is 16.3. The quantitative estimate of drug-likeness (QED) is 0.718. The van der Waals surface area contributed by atoms with Crippen molar-refractivity contribution in [3.8, 4) is 0 Å². The predicted octanol–water partition coefficient (Wildman–Crippen LogP) is 1.43. The van der Waals surface area contributed by atoms with Gasteiger partial charge in [0.1, 0.15) is 0 Å². The number of aliphatic hydroxyl groups is 1. The highest BCUT2D eigenvalue weighted by molar-refractivity contribution is 5.89. The summed E-state index contributed by atoms with van der Waals surface area (Å²) in [5.74, 6) is 0.0264. The fourth-order valence-electron chi connectivity index (χ4n) is 1.45. The standard InChI is InChI=1S/C12H22N4O2/c1-4-5-16-7-11(6-13-16)15-12(18)14-10(3)9(2)8-17/h6-7,9-10,17H,4-5,8H2,1-3H3,(H2,14,15,18). The molecule has 2 amide bonds. The van der Waals surface area contributed by atoms with Gasteiger partial charge in [-0.25, -0.2) is 4.79 Å². The summed E-state index contributed by atoms with van der Waals surface area (Å²) in [6.07, 6.45) is 4.41. The van der Waals surface area contributed by atoms with Crippen LogP contribution in [0, 0.1) is 5.92 Å². The van der Waals surface area contributed by atoms with Crippen LogP contribution in [0.25, 0.3) is 0 Å². The monoisotopic (exact) mass is 254 g/mol. The van der Waals surface area contributed by atoms with Gasteiger partial charge in [-0.1, -0.05) is 13.8 Å². The topological polar surface area (TPSA) is 79.2 Å². The van der Waals surface area contributed by atoms with Gasteiger partial charge < -0.3 is 15.7 Å². The Morgan fingerprint density at radius 2 is 2.28 bits per heavy atom. The zero-order valence-corrected chi connectivity index (χ0v) is 11.2. The molecule has 2 atom stereocenters. The van der Waals surface area contributed by atoms with E-state index in [2.05, 4.69) is 22.7 Å². The van der Waals surface area contributed by atoms with E-state index >= 15 is 0 Å². The first kappa shape index (κ1) is 14.5. The highest BCUT2D eigenvalue weighted by Crippen LogP contribution is 2.06. The second-order valence-corrected chi connectivity index (χ2v) is 4.54. The largest absolute Gasteiger partial charge is 0.396 e. The molecule has 0 aliphatic rings. The fraction of sp³-hybridized carbons (Fsp3) is 0.667. The number of urea groups is 1. The maximum absolute atomic E-state index is 11.7. The van der Waals surface area contributed by atoms with Crippen molar-refractivity contribution in [3.05, 3.63) is 12.4 Å². The minimum absolute atomic E-state index is 0.0264. The number of aryl methyl sites for hydroxylation is 1. The van der Waals surface area contributed by atoms with Crippen LogP contribution in [0.2, 0.25) is 0 Å². The van der Waals surface area contributed by atoms with E-state index < -0.39 is 0 Å². The van der Waals surface area contributed by atoms with E-state index in [1.807, 2.05) is 13.8 Å². The molecule has 1 aromatic rings. The summed E-state index contributed by atoms with van der Waals surface area (Å²) in [5.41, 5.74) is 0.671. The minimum atomic E-state index is -0.279. The molecule has 102 valence electrons. The van der Waals surface area contributed by atoms with Crippen LogP contribution in [0.4, 0.5) is 10.5 Å². The molecular weight excluding hydrogens is 232 g/mol. The third-order valence-corrected chi connectivity index (χ3v) is 2.84. The lowest BCUT2D eigenvalue weighted by Gasteiger charge is -2.19. The van der Waals surface area contributed by atoms with E-state index in [0.29, 0.717) is 5.69 Å². The highest BCUT2D eigenvalue weighted by Gasteiger charge is 2.14. The molecule has 1 heterocycles. The predicted molar refractivity (Wildman–Crippen MR) is 70.4 cm³/mol. The number of hydrogen-bond donors (Lipinski definition) is 3. The molecule has 2 unspecified atom stereocenters. The molecule has 0 spiro atoms.